The number of hydrogen-bond acceptors (Lipinski definition) is 2. The van der Waals surface area contributed by atoms with Gasteiger partial charge in [-0.25, -0.2) is 0 Å². The molecule has 0 aliphatic carbocycles. The van der Waals surface area contributed by atoms with Crippen LogP contribution in [0.3, 0.4) is 0 Å². The summed E-state index contributed by atoms with van der Waals surface area (Å²) in [5.41, 5.74) is 2.90. The number of hydrogen-bond donors (Lipinski definition) is 1. The molecule has 0 amide bonds. The Bertz CT molecular complexity index is 345. The van der Waals surface area contributed by atoms with E-state index >= 15 is 0 Å². The molecule has 1 fully saturated rings. The highest BCUT2D eigenvalue weighted by molar-refractivity contribution is 7.99. The molecule has 1 heterocycles. The Morgan fingerprint density at radius 2 is 2.35 bits per heavy atom. The fraction of sp³-hybridized carbons (Fsp3) is 0.600. The van der Waals surface area contributed by atoms with Gasteiger partial charge in [0, 0.05) is 6.54 Å². The van der Waals surface area contributed by atoms with Gasteiger partial charge in [0.15, 0.2) is 0 Å². The number of rotatable bonds is 4. The van der Waals surface area contributed by atoms with Gasteiger partial charge in [-0.15, -0.1) is 0 Å². The summed E-state index contributed by atoms with van der Waals surface area (Å²) in [5.74, 6) is 4.23. The molecule has 0 aromatic heterocycles. The van der Waals surface area contributed by atoms with Crippen LogP contribution in [0.5, 0.6) is 0 Å². The molecule has 17 heavy (non-hydrogen) atoms. The second-order valence-corrected chi connectivity index (χ2v) is 6.21. The van der Waals surface area contributed by atoms with Crippen LogP contribution < -0.4 is 5.32 Å². The fourth-order valence-corrected chi connectivity index (χ4v) is 4.00. The highest BCUT2D eigenvalue weighted by Crippen LogP contribution is 2.34. The monoisotopic (exact) mass is 249 g/mol. The maximum absolute atomic E-state index is 3.37. The van der Waals surface area contributed by atoms with Gasteiger partial charge in [0.1, 0.15) is 0 Å². The molecule has 1 aliphatic rings. The van der Waals surface area contributed by atoms with Crippen LogP contribution >= 0.6 is 11.8 Å². The summed E-state index contributed by atoms with van der Waals surface area (Å²) in [7, 11) is 2.07. The summed E-state index contributed by atoms with van der Waals surface area (Å²) in [4.78, 5) is 0. The van der Waals surface area contributed by atoms with Crippen molar-refractivity contribution in [1.29, 1.82) is 0 Å². The largest absolute Gasteiger partial charge is 0.319 e. The maximum Gasteiger partial charge on any atom is 0.00201 e. The second kappa shape index (κ2) is 6.46. The minimum absolute atomic E-state index is 0.688. The first-order valence-corrected chi connectivity index (χ1v) is 7.75. The molecule has 0 bridgehead atoms. The molecule has 1 saturated heterocycles. The van der Waals surface area contributed by atoms with Crippen LogP contribution in [-0.2, 0) is 0 Å². The zero-order chi connectivity index (χ0) is 12.1. The summed E-state index contributed by atoms with van der Waals surface area (Å²) in [5, 5.41) is 3.37. The van der Waals surface area contributed by atoms with Crippen molar-refractivity contribution in [3.63, 3.8) is 0 Å². The molecule has 1 aromatic carbocycles. The molecule has 2 atom stereocenters. The van der Waals surface area contributed by atoms with Crippen LogP contribution in [-0.4, -0.2) is 25.1 Å². The molecule has 1 aliphatic heterocycles. The predicted octanol–water partition coefficient (Wildman–Crippen LogP) is 3.44. The van der Waals surface area contributed by atoms with Gasteiger partial charge < -0.3 is 5.32 Å². The number of nitrogens with one attached hydrogen (secondary N) is 1. The lowest BCUT2D eigenvalue weighted by molar-refractivity contribution is 0.413. The van der Waals surface area contributed by atoms with Gasteiger partial charge in [0.2, 0.25) is 0 Å². The van der Waals surface area contributed by atoms with Crippen molar-refractivity contribution in [2.24, 2.45) is 5.92 Å². The zero-order valence-corrected chi connectivity index (χ0v) is 11.7. The molecule has 1 nitrogen and oxygen atoms in total. The Labute approximate surface area is 109 Å². The van der Waals surface area contributed by atoms with Gasteiger partial charge in [0.25, 0.3) is 0 Å². The van der Waals surface area contributed by atoms with Gasteiger partial charge in [-0.2, -0.15) is 11.8 Å². The zero-order valence-electron chi connectivity index (χ0n) is 10.9. The molecule has 1 N–H and O–H groups in total. The fourth-order valence-electron chi connectivity index (χ4n) is 2.76. The lowest BCUT2D eigenvalue weighted by Gasteiger charge is -2.30. The van der Waals surface area contributed by atoms with Crippen molar-refractivity contribution in [2.45, 2.75) is 25.7 Å². The van der Waals surface area contributed by atoms with Crippen molar-refractivity contribution in [3.05, 3.63) is 35.4 Å². The number of likely N-dealkylation sites (N-methyl/N-ethyl adjacent to an activating group) is 1. The minimum Gasteiger partial charge on any atom is -0.319 e. The Kier molecular flexibility index (Phi) is 4.93. The quantitative estimate of drug-likeness (QED) is 0.877. The maximum atomic E-state index is 3.37. The molecule has 1 aromatic rings. The summed E-state index contributed by atoms with van der Waals surface area (Å²) >= 11 is 2.13. The van der Waals surface area contributed by atoms with Crippen molar-refractivity contribution >= 4 is 11.8 Å². The highest BCUT2D eigenvalue weighted by atomic mass is 32.2. The van der Waals surface area contributed by atoms with Crippen molar-refractivity contribution in [1.82, 2.24) is 5.32 Å². The van der Waals surface area contributed by atoms with E-state index in [1.54, 1.807) is 0 Å². The Hall–Kier alpha value is -0.470. The van der Waals surface area contributed by atoms with Crippen molar-refractivity contribution in [3.8, 4) is 0 Å². The van der Waals surface area contributed by atoms with E-state index in [1.165, 1.54) is 35.5 Å². The van der Waals surface area contributed by atoms with Crippen LogP contribution in [0.2, 0.25) is 0 Å². The molecule has 0 spiro atoms. The van der Waals surface area contributed by atoms with E-state index in [0.29, 0.717) is 5.92 Å². The normalized spacial score (nSPS) is 22.4. The first kappa shape index (κ1) is 13.0. The lowest BCUT2D eigenvalue weighted by atomic mass is 9.83. The van der Waals surface area contributed by atoms with Gasteiger partial charge in [-0.3, -0.25) is 0 Å². The lowest BCUT2D eigenvalue weighted by Crippen LogP contribution is -2.27. The average Bonchev–Trinajstić information content (AvgIpc) is 2.37. The van der Waals surface area contributed by atoms with E-state index in [-0.39, 0.29) is 0 Å². The molecule has 0 saturated carbocycles. The van der Waals surface area contributed by atoms with Gasteiger partial charge >= 0.3 is 0 Å². The third-order valence-electron chi connectivity index (χ3n) is 3.66. The first-order chi connectivity index (χ1) is 8.31. The van der Waals surface area contributed by atoms with E-state index in [9.17, 15) is 0 Å². The van der Waals surface area contributed by atoms with Gasteiger partial charge in [-0.1, -0.05) is 29.8 Å². The number of benzene rings is 1. The van der Waals surface area contributed by atoms with E-state index in [0.717, 1.165) is 12.5 Å². The van der Waals surface area contributed by atoms with E-state index in [1.807, 2.05) is 0 Å². The Balaban J connectivity index is 2.15. The SMILES string of the molecule is CNCC(c1cccc(C)c1)C1CCCSC1. The smallest absolute Gasteiger partial charge is 0.00201 e. The van der Waals surface area contributed by atoms with Crippen molar-refractivity contribution < 1.29 is 0 Å². The Morgan fingerprint density at radius 3 is 3.00 bits per heavy atom. The van der Waals surface area contributed by atoms with Gasteiger partial charge in [0.05, 0.1) is 0 Å². The summed E-state index contributed by atoms with van der Waals surface area (Å²) < 4.78 is 0. The van der Waals surface area contributed by atoms with Crippen LogP contribution in [0, 0.1) is 12.8 Å². The summed E-state index contributed by atoms with van der Waals surface area (Å²) in [6.07, 6.45) is 2.79. The molecule has 2 unspecified atom stereocenters. The molecule has 94 valence electrons. The molecular formula is C15H23NS. The predicted molar refractivity (Wildman–Crippen MR) is 77.9 cm³/mol. The van der Waals surface area contributed by atoms with Gasteiger partial charge in [-0.05, 0) is 55.7 Å². The van der Waals surface area contributed by atoms with Crippen LogP contribution in [0.1, 0.15) is 29.9 Å². The summed E-state index contributed by atoms with van der Waals surface area (Å²) in [6.45, 7) is 3.30. The first-order valence-electron chi connectivity index (χ1n) is 6.60. The van der Waals surface area contributed by atoms with Crippen LogP contribution in [0.15, 0.2) is 24.3 Å². The molecule has 2 rings (SSSR count). The van der Waals surface area contributed by atoms with E-state index < -0.39 is 0 Å². The standard InChI is InChI=1S/C15H23NS/c1-12-5-3-6-13(9-12)15(10-16-2)14-7-4-8-17-11-14/h3,5-6,9,14-16H,4,7-8,10-11H2,1-2H3. The number of thioether (sulfide) groups is 1. The third kappa shape index (κ3) is 3.49. The van der Waals surface area contributed by atoms with E-state index in [4.69, 9.17) is 0 Å². The molecule has 0 radical (unpaired) electrons. The topological polar surface area (TPSA) is 12.0 Å². The second-order valence-electron chi connectivity index (χ2n) is 5.06. The average molecular weight is 249 g/mol. The van der Waals surface area contributed by atoms with Crippen molar-refractivity contribution in [2.75, 3.05) is 25.1 Å². The molecule has 2 heteroatoms. The third-order valence-corrected chi connectivity index (χ3v) is 4.90. The molecular weight excluding hydrogens is 226 g/mol. The van der Waals surface area contributed by atoms with E-state index in [2.05, 4.69) is 55.3 Å². The minimum atomic E-state index is 0.688. The number of aryl methyl sites for hydroxylation is 1. The van der Waals surface area contributed by atoms with Crippen LogP contribution in [0.4, 0.5) is 0 Å². The van der Waals surface area contributed by atoms with Crippen LogP contribution in [0.25, 0.3) is 0 Å². The highest BCUT2D eigenvalue weighted by Gasteiger charge is 2.24. The summed E-state index contributed by atoms with van der Waals surface area (Å²) in [6, 6.07) is 9.05. The Morgan fingerprint density at radius 1 is 1.47 bits per heavy atom.